The first-order chi connectivity index (χ1) is 5.29. The predicted molar refractivity (Wildman–Crippen MR) is 52.0 cm³/mol. The van der Waals surface area contributed by atoms with E-state index < -0.39 is 0 Å². The van der Waals surface area contributed by atoms with Gasteiger partial charge >= 0.3 is 0 Å². The average Bonchev–Trinajstić information content (AvgIpc) is 2.34. The van der Waals surface area contributed by atoms with Crippen LogP contribution >= 0.6 is 27.3 Å². The standard InChI is InChI=1S/C8H10BrNS/c9-6-3-4-11-8(6)5-1-2-7(5)10/h3-5,7H,1-2,10H2. The first-order valence-electron chi connectivity index (χ1n) is 3.77. The van der Waals surface area contributed by atoms with Gasteiger partial charge in [-0.25, -0.2) is 0 Å². The lowest BCUT2D eigenvalue weighted by Crippen LogP contribution is -2.36. The Morgan fingerprint density at radius 2 is 2.36 bits per heavy atom. The second-order valence-corrected chi connectivity index (χ2v) is 4.78. The number of hydrogen-bond donors (Lipinski definition) is 1. The van der Waals surface area contributed by atoms with Crippen LogP contribution in [0.15, 0.2) is 15.9 Å². The van der Waals surface area contributed by atoms with Crippen LogP contribution < -0.4 is 5.73 Å². The Bertz CT molecular complexity index is 258. The normalized spacial score (nSPS) is 30.0. The molecule has 0 radical (unpaired) electrons. The van der Waals surface area contributed by atoms with Crippen LogP contribution in [0.5, 0.6) is 0 Å². The molecule has 1 aromatic rings. The highest BCUT2D eigenvalue weighted by atomic mass is 79.9. The van der Waals surface area contributed by atoms with E-state index in [1.54, 1.807) is 0 Å². The van der Waals surface area contributed by atoms with E-state index in [0.717, 1.165) is 0 Å². The molecule has 11 heavy (non-hydrogen) atoms. The third kappa shape index (κ3) is 1.25. The number of rotatable bonds is 1. The van der Waals surface area contributed by atoms with E-state index in [2.05, 4.69) is 27.4 Å². The van der Waals surface area contributed by atoms with Gasteiger partial charge in [0.15, 0.2) is 0 Å². The summed E-state index contributed by atoms with van der Waals surface area (Å²) in [5, 5.41) is 2.12. The Balaban J connectivity index is 2.22. The average molecular weight is 232 g/mol. The first kappa shape index (κ1) is 7.77. The number of hydrogen-bond acceptors (Lipinski definition) is 2. The van der Waals surface area contributed by atoms with E-state index in [-0.39, 0.29) is 0 Å². The van der Waals surface area contributed by atoms with Crippen molar-refractivity contribution in [2.75, 3.05) is 0 Å². The van der Waals surface area contributed by atoms with Crippen LogP contribution in [0.4, 0.5) is 0 Å². The van der Waals surface area contributed by atoms with Gasteiger partial charge in [0.25, 0.3) is 0 Å². The van der Waals surface area contributed by atoms with Gasteiger partial charge in [0.1, 0.15) is 0 Å². The largest absolute Gasteiger partial charge is 0.327 e. The summed E-state index contributed by atoms with van der Waals surface area (Å²) in [6.45, 7) is 0. The quantitative estimate of drug-likeness (QED) is 0.791. The van der Waals surface area contributed by atoms with Gasteiger partial charge in [-0.1, -0.05) is 0 Å². The van der Waals surface area contributed by atoms with Crippen molar-refractivity contribution < 1.29 is 0 Å². The van der Waals surface area contributed by atoms with Crippen LogP contribution in [0, 0.1) is 0 Å². The second-order valence-electron chi connectivity index (χ2n) is 2.98. The van der Waals surface area contributed by atoms with Crippen LogP contribution in [0.2, 0.25) is 0 Å². The highest BCUT2D eigenvalue weighted by molar-refractivity contribution is 9.10. The van der Waals surface area contributed by atoms with Crippen LogP contribution in [0.1, 0.15) is 23.6 Å². The van der Waals surface area contributed by atoms with E-state index in [0.29, 0.717) is 12.0 Å². The van der Waals surface area contributed by atoms with Crippen LogP contribution in [-0.2, 0) is 0 Å². The van der Waals surface area contributed by atoms with Crippen molar-refractivity contribution in [3.63, 3.8) is 0 Å². The van der Waals surface area contributed by atoms with Crippen molar-refractivity contribution in [2.45, 2.75) is 24.8 Å². The number of thiophene rings is 1. The molecule has 0 saturated heterocycles. The molecule has 2 rings (SSSR count). The molecule has 0 aliphatic heterocycles. The minimum absolute atomic E-state index is 0.407. The molecular formula is C8H10BrNS. The Kier molecular flexibility index (Phi) is 2.04. The van der Waals surface area contributed by atoms with E-state index in [1.807, 2.05) is 11.3 Å². The fourth-order valence-electron chi connectivity index (χ4n) is 1.42. The lowest BCUT2D eigenvalue weighted by molar-refractivity contribution is 0.350. The lowest BCUT2D eigenvalue weighted by Gasteiger charge is -2.33. The maximum absolute atomic E-state index is 5.87. The van der Waals surface area contributed by atoms with Gasteiger partial charge in [-0.15, -0.1) is 11.3 Å². The molecule has 3 heteroatoms. The first-order valence-corrected chi connectivity index (χ1v) is 5.45. The molecule has 1 fully saturated rings. The molecule has 2 N–H and O–H groups in total. The minimum Gasteiger partial charge on any atom is -0.327 e. The molecule has 2 atom stereocenters. The van der Waals surface area contributed by atoms with Gasteiger partial charge < -0.3 is 5.73 Å². The topological polar surface area (TPSA) is 26.0 Å². The summed E-state index contributed by atoms with van der Waals surface area (Å²) in [6, 6.07) is 2.51. The Hall–Kier alpha value is 0.140. The predicted octanol–water partition coefficient (Wildman–Crippen LogP) is 2.72. The highest BCUT2D eigenvalue weighted by Gasteiger charge is 2.30. The summed E-state index contributed by atoms with van der Waals surface area (Å²) in [7, 11) is 0. The lowest BCUT2D eigenvalue weighted by atomic mass is 9.79. The van der Waals surface area contributed by atoms with Gasteiger partial charge in [-0.2, -0.15) is 0 Å². The summed E-state index contributed by atoms with van der Waals surface area (Å²) in [5.41, 5.74) is 5.87. The van der Waals surface area contributed by atoms with E-state index in [4.69, 9.17) is 5.73 Å². The zero-order valence-electron chi connectivity index (χ0n) is 6.09. The fourth-order valence-corrected chi connectivity index (χ4v) is 3.30. The zero-order valence-corrected chi connectivity index (χ0v) is 8.49. The minimum atomic E-state index is 0.407. The maximum atomic E-state index is 5.87. The van der Waals surface area contributed by atoms with Gasteiger partial charge in [0, 0.05) is 21.3 Å². The maximum Gasteiger partial charge on any atom is 0.0317 e. The monoisotopic (exact) mass is 231 g/mol. The summed E-state index contributed by atoms with van der Waals surface area (Å²) in [5.74, 6) is 0.629. The third-order valence-electron chi connectivity index (χ3n) is 2.31. The summed E-state index contributed by atoms with van der Waals surface area (Å²) in [6.07, 6.45) is 2.45. The Morgan fingerprint density at radius 1 is 1.55 bits per heavy atom. The molecule has 1 aliphatic rings. The molecule has 1 saturated carbocycles. The van der Waals surface area contributed by atoms with E-state index >= 15 is 0 Å². The molecule has 0 aromatic carbocycles. The number of halogens is 1. The SMILES string of the molecule is NC1CCC1c1sccc1Br. The van der Waals surface area contributed by atoms with Gasteiger partial charge in [-0.05, 0) is 40.2 Å². The van der Waals surface area contributed by atoms with Gasteiger partial charge in [-0.3, -0.25) is 0 Å². The summed E-state index contributed by atoms with van der Waals surface area (Å²) >= 11 is 5.33. The van der Waals surface area contributed by atoms with Crippen molar-refractivity contribution in [3.8, 4) is 0 Å². The van der Waals surface area contributed by atoms with E-state index in [1.165, 1.54) is 22.2 Å². The molecule has 2 unspecified atom stereocenters. The fraction of sp³-hybridized carbons (Fsp3) is 0.500. The second kappa shape index (κ2) is 2.88. The molecule has 1 aliphatic carbocycles. The Labute approximate surface area is 78.7 Å². The van der Waals surface area contributed by atoms with Crippen molar-refractivity contribution in [1.82, 2.24) is 0 Å². The molecule has 1 aromatic heterocycles. The smallest absolute Gasteiger partial charge is 0.0317 e. The number of nitrogens with two attached hydrogens (primary N) is 1. The molecule has 0 amide bonds. The van der Waals surface area contributed by atoms with Crippen molar-refractivity contribution in [1.29, 1.82) is 0 Å². The molecule has 1 nitrogen and oxygen atoms in total. The molecule has 60 valence electrons. The molecular weight excluding hydrogens is 222 g/mol. The van der Waals surface area contributed by atoms with Gasteiger partial charge in [0.05, 0.1) is 0 Å². The molecule has 0 spiro atoms. The van der Waals surface area contributed by atoms with Crippen LogP contribution in [0.25, 0.3) is 0 Å². The van der Waals surface area contributed by atoms with Gasteiger partial charge in [0.2, 0.25) is 0 Å². The Morgan fingerprint density at radius 3 is 2.73 bits per heavy atom. The van der Waals surface area contributed by atoms with Crippen molar-refractivity contribution in [3.05, 3.63) is 20.8 Å². The van der Waals surface area contributed by atoms with Crippen molar-refractivity contribution in [2.24, 2.45) is 5.73 Å². The molecule has 0 bridgehead atoms. The highest BCUT2D eigenvalue weighted by Crippen LogP contribution is 2.41. The summed E-state index contributed by atoms with van der Waals surface area (Å²) in [4.78, 5) is 1.43. The molecule has 1 heterocycles. The zero-order chi connectivity index (χ0) is 7.84. The third-order valence-corrected chi connectivity index (χ3v) is 4.31. The van der Waals surface area contributed by atoms with Crippen LogP contribution in [0.3, 0.4) is 0 Å². The van der Waals surface area contributed by atoms with Crippen LogP contribution in [-0.4, -0.2) is 6.04 Å². The van der Waals surface area contributed by atoms with E-state index in [9.17, 15) is 0 Å². The van der Waals surface area contributed by atoms with Crippen molar-refractivity contribution >= 4 is 27.3 Å². The summed E-state index contributed by atoms with van der Waals surface area (Å²) < 4.78 is 1.24.